The summed E-state index contributed by atoms with van der Waals surface area (Å²) in [6, 6.07) is 15.6. The van der Waals surface area contributed by atoms with E-state index in [-0.39, 0.29) is 16.8 Å². The Bertz CT molecular complexity index is 1630. The van der Waals surface area contributed by atoms with Gasteiger partial charge in [0.25, 0.3) is 10.1 Å². The second-order valence-electron chi connectivity index (χ2n) is 7.83. The van der Waals surface area contributed by atoms with Gasteiger partial charge in [-0.05, 0) is 66.4 Å². The van der Waals surface area contributed by atoms with Crippen molar-refractivity contribution in [2.24, 2.45) is 20.5 Å². The van der Waals surface area contributed by atoms with E-state index < -0.39 is 26.5 Å². The molecule has 0 heterocycles. The topological polar surface area (TPSA) is 185 Å². The normalized spacial score (nSPS) is 12.1. The molecule has 0 saturated carbocycles. The van der Waals surface area contributed by atoms with E-state index in [9.17, 15) is 18.1 Å². The Morgan fingerprint density at radius 1 is 0.833 bits per heavy atom. The van der Waals surface area contributed by atoms with Crippen LogP contribution in [0.4, 0.5) is 34.1 Å². The van der Waals surface area contributed by atoms with Crippen molar-refractivity contribution in [3.8, 4) is 11.5 Å². The average Bonchev–Trinajstić information content (AvgIpc) is 2.83. The molecule has 0 aliphatic carbocycles. The molecule has 0 atom stereocenters. The van der Waals surface area contributed by atoms with Crippen LogP contribution < -0.4 is 16.2 Å². The third kappa shape index (κ3) is 5.09. The van der Waals surface area contributed by atoms with Crippen molar-refractivity contribution < 1.29 is 22.8 Å². The Balaban J connectivity index is 1.86. The quantitative estimate of drug-likeness (QED) is 0.138. The molecule has 0 saturated heterocycles. The van der Waals surface area contributed by atoms with Crippen molar-refractivity contribution in [2.45, 2.75) is 11.8 Å². The van der Waals surface area contributed by atoms with Crippen LogP contribution in [0.3, 0.4) is 0 Å². The number of nitrogen functional groups attached to an aromatic ring is 2. The highest BCUT2D eigenvalue weighted by Gasteiger charge is 2.22. The third-order valence-corrected chi connectivity index (χ3v) is 6.14. The van der Waals surface area contributed by atoms with E-state index in [1.165, 1.54) is 31.4 Å². The van der Waals surface area contributed by atoms with Gasteiger partial charge in [-0.3, -0.25) is 4.55 Å². The third-order valence-electron chi connectivity index (χ3n) is 5.27. The summed E-state index contributed by atoms with van der Waals surface area (Å²) < 4.78 is 39.3. The summed E-state index contributed by atoms with van der Waals surface area (Å²) in [5, 5.41) is 27.9. The van der Waals surface area contributed by atoms with Crippen LogP contribution in [0.5, 0.6) is 11.5 Å². The van der Waals surface area contributed by atoms with E-state index in [0.29, 0.717) is 33.8 Å². The lowest BCUT2D eigenvalue weighted by Crippen LogP contribution is -1.99. The molecule has 11 nitrogen and oxygen atoms in total. The Labute approximate surface area is 206 Å². The number of phenols is 1. The SMILES string of the molecule is COc1cc(N=Nc2ccc(N)cc2)c(N=Nc2c(S(=O)(=O)O)cc3ccc(N)cc3c2O)cc1C. The van der Waals surface area contributed by atoms with E-state index in [1.807, 2.05) is 0 Å². The fourth-order valence-corrected chi connectivity index (χ4v) is 4.11. The first kappa shape index (κ1) is 24.6. The number of nitrogens with zero attached hydrogens (tertiary/aromatic N) is 4. The van der Waals surface area contributed by atoms with Gasteiger partial charge in [0.05, 0.1) is 12.8 Å². The van der Waals surface area contributed by atoms with E-state index in [2.05, 4.69) is 20.5 Å². The molecule has 184 valence electrons. The van der Waals surface area contributed by atoms with Crippen LogP contribution >= 0.6 is 0 Å². The Morgan fingerprint density at radius 3 is 2.14 bits per heavy atom. The van der Waals surface area contributed by atoms with Gasteiger partial charge >= 0.3 is 0 Å². The van der Waals surface area contributed by atoms with Crippen LogP contribution in [0, 0.1) is 6.92 Å². The van der Waals surface area contributed by atoms with Crippen molar-refractivity contribution in [1.29, 1.82) is 0 Å². The maximum absolute atomic E-state index is 12.1. The number of nitrogens with two attached hydrogens (primary N) is 2. The Morgan fingerprint density at radius 2 is 1.47 bits per heavy atom. The summed E-state index contributed by atoms with van der Waals surface area (Å²) >= 11 is 0. The molecule has 36 heavy (non-hydrogen) atoms. The summed E-state index contributed by atoms with van der Waals surface area (Å²) in [6.45, 7) is 1.78. The van der Waals surface area contributed by atoms with Gasteiger partial charge in [-0.1, -0.05) is 6.07 Å². The lowest BCUT2D eigenvalue weighted by molar-refractivity contribution is 0.412. The van der Waals surface area contributed by atoms with Crippen LogP contribution in [0.15, 0.2) is 86.0 Å². The lowest BCUT2D eigenvalue weighted by Gasteiger charge is -2.10. The van der Waals surface area contributed by atoms with E-state index >= 15 is 0 Å². The van der Waals surface area contributed by atoms with Crippen LogP contribution in [-0.4, -0.2) is 25.2 Å². The molecule has 0 fully saturated rings. The number of methoxy groups -OCH3 is 1. The second-order valence-corrected chi connectivity index (χ2v) is 9.22. The van der Waals surface area contributed by atoms with Gasteiger partial charge in [0, 0.05) is 22.8 Å². The molecular weight excluding hydrogens is 484 g/mol. The highest BCUT2D eigenvalue weighted by Crippen LogP contribution is 2.43. The van der Waals surface area contributed by atoms with Crippen LogP contribution in [-0.2, 0) is 10.1 Å². The highest BCUT2D eigenvalue weighted by atomic mass is 32.2. The summed E-state index contributed by atoms with van der Waals surface area (Å²) in [4.78, 5) is -0.615. The van der Waals surface area contributed by atoms with Crippen molar-refractivity contribution in [3.05, 3.63) is 66.2 Å². The molecule has 0 amide bonds. The van der Waals surface area contributed by atoms with Gasteiger partial charge in [-0.2, -0.15) is 13.5 Å². The Hall–Kier alpha value is -4.55. The molecule has 6 N–H and O–H groups in total. The zero-order valence-electron chi connectivity index (χ0n) is 19.2. The maximum Gasteiger partial charge on any atom is 0.296 e. The first-order valence-electron chi connectivity index (χ1n) is 10.5. The number of anilines is 2. The molecule has 4 aromatic carbocycles. The summed E-state index contributed by atoms with van der Waals surface area (Å²) in [5.41, 5.74) is 13.7. The lowest BCUT2D eigenvalue weighted by atomic mass is 10.1. The number of hydrogen-bond donors (Lipinski definition) is 4. The largest absolute Gasteiger partial charge is 0.505 e. The van der Waals surface area contributed by atoms with Gasteiger partial charge in [0.2, 0.25) is 0 Å². The monoisotopic (exact) mass is 506 g/mol. The standard InChI is InChI=1S/C24H22N6O5S/c1-13-9-19(20(12-21(13)35-2)28-27-17-7-5-15(25)6-8-17)29-30-23-22(36(32,33)34)10-14-3-4-16(26)11-18(14)24(23)31/h3-12,31H,25-26H2,1-2H3,(H,32,33,34). The molecule has 4 aromatic rings. The number of azo groups is 2. The number of aryl methyl sites for hydroxylation is 1. The predicted octanol–water partition coefficient (Wildman–Crippen LogP) is 6.10. The number of ether oxygens (including phenoxy) is 1. The fourth-order valence-electron chi connectivity index (χ4n) is 3.45. The molecular formula is C24H22N6O5S. The Kier molecular flexibility index (Phi) is 6.55. The first-order chi connectivity index (χ1) is 17.1. The maximum atomic E-state index is 12.1. The fraction of sp³-hybridized carbons (Fsp3) is 0.0833. The molecule has 0 bridgehead atoms. The van der Waals surface area contributed by atoms with Crippen molar-refractivity contribution in [3.63, 3.8) is 0 Å². The van der Waals surface area contributed by atoms with Gasteiger partial charge in [0.1, 0.15) is 27.7 Å². The van der Waals surface area contributed by atoms with Gasteiger partial charge in [-0.15, -0.1) is 15.3 Å². The minimum absolute atomic E-state index is 0.209. The number of aromatic hydroxyl groups is 1. The molecule has 0 spiro atoms. The summed E-state index contributed by atoms with van der Waals surface area (Å²) in [7, 11) is -3.26. The molecule has 4 rings (SSSR count). The molecule has 0 aliphatic heterocycles. The number of fused-ring (bicyclic) bond motifs is 1. The van der Waals surface area contributed by atoms with Crippen molar-refractivity contribution in [2.75, 3.05) is 18.6 Å². The van der Waals surface area contributed by atoms with E-state index in [0.717, 1.165) is 0 Å². The van der Waals surface area contributed by atoms with E-state index in [1.54, 1.807) is 43.3 Å². The minimum atomic E-state index is -4.76. The summed E-state index contributed by atoms with van der Waals surface area (Å²) in [5.74, 6) is 0.00863. The van der Waals surface area contributed by atoms with Crippen LogP contribution in [0.25, 0.3) is 10.8 Å². The molecule has 12 heteroatoms. The van der Waals surface area contributed by atoms with Gasteiger partial charge in [-0.25, -0.2) is 0 Å². The van der Waals surface area contributed by atoms with Gasteiger partial charge in [0.15, 0.2) is 5.75 Å². The molecule has 0 radical (unpaired) electrons. The average molecular weight is 507 g/mol. The number of hydrogen-bond acceptors (Lipinski definition) is 10. The van der Waals surface area contributed by atoms with E-state index in [4.69, 9.17) is 16.2 Å². The van der Waals surface area contributed by atoms with Gasteiger partial charge < -0.3 is 21.3 Å². The van der Waals surface area contributed by atoms with Crippen molar-refractivity contribution in [1.82, 2.24) is 0 Å². The smallest absolute Gasteiger partial charge is 0.296 e. The number of rotatable bonds is 6. The second kappa shape index (κ2) is 9.60. The zero-order chi connectivity index (χ0) is 26.0. The molecule has 0 aliphatic rings. The summed E-state index contributed by atoms with van der Waals surface area (Å²) in [6.07, 6.45) is 0. The van der Waals surface area contributed by atoms with Crippen molar-refractivity contribution >= 4 is 55.0 Å². The van der Waals surface area contributed by atoms with Crippen LogP contribution in [0.1, 0.15) is 5.56 Å². The number of phenolic OH excluding ortho intramolecular Hbond substituents is 1. The number of benzene rings is 4. The molecule has 0 aromatic heterocycles. The molecule has 0 unspecified atom stereocenters. The zero-order valence-corrected chi connectivity index (χ0v) is 20.1. The predicted molar refractivity (Wildman–Crippen MR) is 137 cm³/mol. The van der Waals surface area contributed by atoms with Crippen LogP contribution in [0.2, 0.25) is 0 Å². The first-order valence-corrected chi connectivity index (χ1v) is 11.9. The minimum Gasteiger partial charge on any atom is -0.505 e. The highest BCUT2D eigenvalue weighted by molar-refractivity contribution is 7.86.